The quantitative estimate of drug-likeness (QED) is 0.587. The van der Waals surface area contributed by atoms with Crippen molar-refractivity contribution < 1.29 is 14.3 Å². The van der Waals surface area contributed by atoms with Gasteiger partial charge < -0.3 is 9.64 Å². The first-order chi connectivity index (χ1) is 14.3. The summed E-state index contributed by atoms with van der Waals surface area (Å²) in [6, 6.07) is 15.6. The Bertz CT molecular complexity index is 1120. The highest BCUT2D eigenvalue weighted by molar-refractivity contribution is 6.03. The number of nitrogens with zero attached hydrogens (tertiary/aromatic N) is 3. The minimum absolute atomic E-state index is 0.0123. The first-order valence-electron chi connectivity index (χ1n) is 9.76. The molecule has 0 aliphatic rings. The fourth-order valence-electron chi connectivity index (χ4n) is 3.14. The molecular formula is C23H25N3O4. The van der Waals surface area contributed by atoms with Crippen LogP contribution >= 0.6 is 0 Å². The maximum Gasteiger partial charge on any atom is 0.360 e. The second kappa shape index (κ2) is 8.90. The molecule has 0 spiro atoms. The Morgan fingerprint density at radius 3 is 2.20 bits per heavy atom. The fourth-order valence-corrected chi connectivity index (χ4v) is 3.14. The van der Waals surface area contributed by atoms with Crippen LogP contribution in [0.25, 0.3) is 10.8 Å². The summed E-state index contributed by atoms with van der Waals surface area (Å²) in [5.41, 5.74) is 0.308. The summed E-state index contributed by atoms with van der Waals surface area (Å²) in [7, 11) is 3.20. The summed E-state index contributed by atoms with van der Waals surface area (Å²) < 4.78 is 6.93. The molecule has 1 heterocycles. The molecule has 156 valence electrons. The van der Waals surface area contributed by atoms with Gasteiger partial charge >= 0.3 is 5.97 Å². The summed E-state index contributed by atoms with van der Waals surface area (Å²) in [5, 5.41) is 5.08. The minimum Gasteiger partial charge on any atom is -0.442 e. The summed E-state index contributed by atoms with van der Waals surface area (Å²) in [5.74, 6) is -0.963. The van der Waals surface area contributed by atoms with Crippen molar-refractivity contribution in [3.05, 3.63) is 76.2 Å². The van der Waals surface area contributed by atoms with Crippen molar-refractivity contribution in [2.75, 3.05) is 14.1 Å². The summed E-state index contributed by atoms with van der Waals surface area (Å²) in [4.78, 5) is 40.0. The molecule has 0 bridgehead atoms. The standard InChI is InChI=1S/C23H25N3O4/c1-15(2)14-26-21(27)18-13-9-8-12-17(18)19(24-26)23(29)30-20(22(28)25(3)4)16-10-6-5-7-11-16/h5-13,15,20H,14H2,1-4H3/t20-/m0/s1. The van der Waals surface area contributed by atoms with Crippen LogP contribution in [-0.4, -0.2) is 40.7 Å². The second-order valence-corrected chi connectivity index (χ2v) is 7.70. The van der Waals surface area contributed by atoms with E-state index in [-0.39, 0.29) is 23.1 Å². The first-order valence-corrected chi connectivity index (χ1v) is 9.76. The van der Waals surface area contributed by atoms with E-state index in [2.05, 4.69) is 5.10 Å². The van der Waals surface area contributed by atoms with E-state index >= 15 is 0 Å². The lowest BCUT2D eigenvalue weighted by molar-refractivity contribution is -0.138. The normalized spacial score (nSPS) is 12.0. The maximum atomic E-state index is 13.1. The molecule has 1 amide bonds. The van der Waals surface area contributed by atoms with E-state index in [4.69, 9.17) is 4.74 Å². The second-order valence-electron chi connectivity index (χ2n) is 7.70. The number of hydrogen-bond acceptors (Lipinski definition) is 5. The van der Waals surface area contributed by atoms with E-state index in [0.717, 1.165) is 0 Å². The van der Waals surface area contributed by atoms with Crippen molar-refractivity contribution in [3.63, 3.8) is 0 Å². The number of carbonyl (C=O) groups is 2. The summed E-state index contributed by atoms with van der Waals surface area (Å²) in [6.07, 6.45) is -1.11. The van der Waals surface area contributed by atoms with Gasteiger partial charge in [0.05, 0.1) is 5.39 Å². The van der Waals surface area contributed by atoms with Crippen molar-refractivity contribution in [2.24, 2.45) is 5.92 Å². The summed E-state index contributed by atoms with van der Waals surface area (Å²) in [6.45, 7) is 4.29. The lowest BCUT2D eigenvalue weighted by atomic mass is 10.1. The van der Waals surface area contributed by atoms with Gasteiger partial charge in [0, 0.05) is 31.6 Å². The van der Waals surface area contributed by atoms with Crippen LogP contribution in [0.5, 0.6) is 0 Å². The molecule has 0 fully saturated rings. The number of aromatic nitrogens is 2. The molecule has 30 heavy (non-hydrogen) atoms. The molecule has 0 N–H and O–H groups in total. The van der Waals surface area contributed by atoms with Crippen LogP contribution in [0, 0.1) is 5.92 Å². The third kappa shape index (κ3) is 4.40. The Morgan fingerprint density at radius 2 is 1.60 bits per heavy atom. The molecule has 0 saturated heterocycles. The number of ether oxygens (including phenoxy) is 1. The molecule has 3 aromatic rings. The lowest BCUT2D eigenvalue weighted by Gasteiger charge is -2.21. The molecule has 7 nitrogen and oxygen atoms in total. The molecule has 0 unspecified atom stereocenters. The van der Waals surface area contributed by atoms with E-state index in [1.165, 1.54) is 9.58 Å². The Kier molecular flexibility index (Phi) is 6.30. The van der Waals surface area contributed by atoms with Crippen molar-refractivity contribution >= 4 is 22.6 Å². The SMILES string of the molecule is CC(C)Cn1nc(C(=O)O[C@H](C(=O)N(C)C)c2ccccc2)c2ccccc2c1=O. The lowest BCUT2D eigenvalue weighted by Crippen LogP contribution is -2.32. The van der Waals surface area contributed by atoms with E-state index in [1.807, 2.05) is 19.9 Å². The van der Waals surface area contributed by atoms with Gasteiger partial charge in [0.2, 0.25) is 6.10 Å². The maximum absolute atomic E-state index is 13.1. The van der Waals surface area contributed by atoms with Gasteiger partial charge in [0.15, 0.2) is 5.69 Å². The zero-order chi connectivity index (χ0) is 21.8. The first kappa shape index (κ1) is 21.2. The molecule has 0 saturated carbocycles. The topological polar surface area (TPSA) is 81.5 Å². The third-order valence-corrected chi connectivity index (χ3v) is 4.59. The predicted molar refractivity (Wildman–Crippen MR) is 114 cm³/mol. The van der Waals surface area contributed by atoms with Crippen molar-refractivity contribution in [2.45, 2.75) is 26.5 Å². The molecule has 1 aromatic heterocycles. The van der Waals surface area contributed by atoms with Gasteiger partial charge in [-0.1, -0.05) is 62.4 Å². The number of benzene rings is 2. The fraction of sp³-hybridized carbons (Fsp3) is 0.304. The Morgan fingerprint density at radius 1 is 1.00 bits per heavy atom. The van der Waals surface area contributed by atoms with Crippen LogP contribution in [0.2, 0.25) is 0 Å². The van der Waals surface area contributed by atoms with Crippen LogP contribution in [0.1, 0.15) is 36.0 Å². The van der Waals surface area contributed by atoms with E-state index in [1.54, 1.807) is 62.6 Å². The van der Waals surface area contributed by atoms with Crippen LogP contribution in [-0.2, 0) is 16.1 Å². The molecule has 1 atom stereocenters. The predicted octanol–water partition coefficient (Wildman–Crippen LogP) is 3.04. The van der Waals surface area contributed by atoms with Gasteiger partial charge in [-0.3, -0.25) is 9.59 Å². The van der Waals surface area contributed by atoms with Gasteiger partial charge in [-0.15, -0.1) is 0 Å². The Labute approximate surface area is 174 Å². The largest absolute Gasteiger partial charge is 0.442 e. The number of rotatable bonds is 6. The van der Waals surface area contributed by atoms with Crippen molar-refractivity contribution in [1.82, 2.24) is 14.7 Å². The summed E-state index contributed by atoms with van der Waals surface area (Å²) >= 11 is 0. The number of fused-ring (bicyclic) bond motifs is 1. The molecular weight excluding hydrogens is 382 g/mol. The van der Waals surface area contributed by atoms with Gasteiger partial charge in [-0.25, -0.2) is 9.48 Å². The highest BCUT2D eigenvalue weighted by atomic mass is 16.5. The third-order valence-electron chi connectivity index (χ3n) is 4.59. The highest BCUT2D eigenvalue weighted by Crippen LogP contribution is 2.23. The molecule has 3 rings (SSSR count). The minimum atomic E-state index is -1.11. The average Bonchev–Trinajstić information content (AvgIpc) is 2.73. The molecule has 0 radical (unpaired) electrons. The molecule has 2 aromatic carbocycles. The van der Waals surface area contributed by atoms with Crippen LogP contribution < -0.4 is 5.56 Å². The monoisotopic (exact) mass is 407 g/mol. The molecule has 0 aliphatic carbocycles. The van der Waals surface area contributed by atoms with Gasteiger partial charge in [-0.05, 0) is 12.0 Å². The van der Waals surface area contributed by atoms with E-state index in [0.29, 0.717) is 22.9 Å². The zero-order valence-electron chi connectivity index (χ0n) is 17.5. The number of esters is 1. The number of carbonyl (C=O) groups excluding carboxylic acids is 2. The Hall–Kier alpha value is -3.48. The number of likely N-dealkylation sites (N-methyl/N-ethyl adjacent to an activating group) is 1. The van der Waals surface area contributed by atoms with Gasteiger partial charge in [-0.2, -0.15) is 5.10 Å². The highest BCUT2D eigenvalue weighted by Gasteiger charge is 2.29. The van der Waals surface area contributed by atoms with Crippen LogP contribution in [0.15, 0.2) is 59.4 Å². The average molecular weight is 407 g/mol. The molecule has 0 aliphatic heterocycles. The Balaban J connectivity index is 2.08. The van der Waals surface area contributed by atoms with E-state index < -0.39 is 12.1 Å². The number of hydrogen-bond donors (Lipinski definition) is 0. The molecule has 7 heteroatoms. The van der Waals surface area contributed by atoms with Crippen LogP contribution in [0.4, 0.5) is 0 Å². The van der Waals surface area contributed by atoms with Crippen molar-refractivity contribution in [1.29, 1.82) is 0 Å². The van der Waals surface area contributed by atoms with Crippen molar-refractivity contribution in [3.8, 4) is 0 Å². The van der Waals surface area contributed by atoms with Gasteiger partial charge in [0.1, 0.15) is 0 Å². The van der Waals surface area contributed by atoms with Crippen LogP contribution in [0.3, 0.4) is 0 Å². The number of amides is 1. The van der Waals surface area contributed by atoms with E-state index in [9.17, 15) is 14.4 Å². The smallest absolute Gasteiger partial charge is 0.360 e. The van der Waals surface area contributed by atoms with Gasteiger partial charge in [0.25, 0.3) is 11.5 Å². The zero-order valence-corrected chi connectivity index (χ0v) is 17.5.